The second-order valence-electron chi connectivity index (χ2n) is 9.70. The highest BCUT2D eigenvalue weighted by atomic mass is 16.5. The Morgan fingerprint density at radius 2 is 2.00 bits per heavy atom. The summed E-state index contributed by atoms with van der Waals surface area (Å²) in [5.41, 5.74) is 7.58. The molecule has 0 aliphatic heterocycles. The summed E-state index contributed by atoms with van der Waals surface area (Å²) in [5, 5.41) is 4.49. The molecule has 4 nitrogen and oxygen atoms in total. The molecular formula is C30H39N3O. The van der Waals surface area contributed by atoms with E-state index in [1.165, 1.54) is 36.8 Å². The van der Waals surface area contributed by atoms with Crippen LogP contribution in [0.4, 0.5) is 5.82 Å². The van der Waals surface area contributed by atoms with E-state index in [9.17, 15) is 0 Å². The molecule has 0 fully saturated rings. The van der Waals surface area contributed by atoms with Crippen LogP contribution in [0.3, 0.4) is 0 Å². The van der Waals surface area contributed by atoms with E-state index in [2.05, 4.69) is 67.7 Å². The first-order valence-electron chi connectivity index (χ1n) is 12.8. The molecule has 2 aliphatic carbocycles. The van der Waals surface area contributed by atoms with E-state index in [1.54, 1.807) is 5.57 Å². The van der Waals surface area contributed by atoms with E-state index in [4.69, 9.17) is 14.7 Å². The van der Waals surface area contributed by atoms with Crippen LogP contribution >= 0.6 is 0 Å². The number of hydrogen-bond acceptors (Lipinski definition) is 4. The lowest BCUT2D eigenvalue weighted by molar-refractivity contribution is 0.158. The first kappa shape index (κ1) is 24.4. The molecule has 0 radical (unpaired) electrons. The summed E-state index contributed by atoms with van der Waals surface area (Å²) in [6.07, 6.45) is 17.6. The number of anilines is 1. The number of nitrogens with one attached hydrogen (secondary N) is 1. The van der Waals surface area contributed by atoms with Gasteiger partial charge in [0.25, 0.3) is 0 Å². The molecule has 4 rings (SSSR count). The lowest BCUT2D eigenvalue weighted by Crippen LogP contribution is -2.11. The number of hydrogen-bond donors (Lipinski definition) is 1. The SMILES string of the molecule is CCOCCNc1nc(C)cc2nc(C3C=CC(C)=C(CCCC4C=C(C)C=CC4)C3)ccc12. The summed E-state index contributed by atoms with van der Waals surface area (Å²) in [5.74, 6) is 1.94. The maximum atomic E-state index is 5.46. The van der Waals surface area contributed by atoms with Crippen LogP contribution in [0.25, 0.3) is 10.9 Å². The number of aryl methyl sites for hydroxylation is 1. The molecule has 180 valence electrons. The van der Waals surface area contributed by atoms with E-state index < -0.39 is 0 Å². The van der Waals surface area contributed by atoms with Gasteiger partial charge >= 0.3 is 0 Å². The molecule has 0 saturated carbocycles. The van der Waals surface area contributed by atoms with Crippen molar-refractivity contribution in [2.24, 2.45) is 5.92 Å². The molecule has 4 heteroatoms. The topological polar surface area (TPSA) is 47.0 Å². The van der Waals surface area contributed by atoms with Gasteiger partial charge in [-0.2, -0.15) is 0 Å². The zero-order chi connectivity index (χ0) is 23.9. The molecule has 0 bridgehead atoms. The van der Waals surface area contributed by atoms with Crippen LogP contribution in [0.5, 0.6) is 0 Å². The summed E-state index contributed by atoms with van der Waals surface area (Å²) in [6.45, 7) is 10.7. The van der Waals surface area contributed by atoms with Crippen LogP contribution < -0.4 is 5.32 Å². The Hall–Kier alpha value is -2.72. The molecule has 2 aromatic heterocycles. The summed E-state index contributed by atoms with van der Waals surface area (Å²) < 4.78 is 5.46. The Labute approximate surface area is 204 Å². The second kappa shape index (κ2) is 11.6. The molecule has 2 heterocycles. The lowest BCUT2D eigenvalue weighted by Gasteiger charge is -2.22. The Bertz CT molecular complexity index is 1130. The molecule has 2 aliphatic rings. The van der Waals surface area contributed by atoms with Gasteiger partial charge in [0.1, 0.15) is 5.82 Å². The van der Waals surface area contributed by atoms with Gasteiger partial charge < -0.3 is 10.1 Å². The first-order chi connectivity index (χ1) is 16.5. The molecule has 34 heavy (non-hydrogen) atoms. The highest BCUT2D eigenvalue weighted by molar-refractivity contribution is 5.89. The zero-order valence-corrected chi connectivity index (χ0v) is 21.2. The molecule has 2 aromatic rings. The van der Waals surface area contributed by atoms with Crippen LogP contribution in [0.2, 0.25) is 0 Å². The average Bonchev–Trinajstić information content (AvgIpc) is 2.82. The number of aromatic nitrogens is 2. The fourth-order valence-corrected chi connectivity index (χ4v) is 5.07. The van der Waals surface area contributed by atoms with Gasteiger partial charge in [-0.05, 0) is 83.9 Å². The van der Waals surface area contributed by atoms with E-state index in [0.29, 0.717) is 18.4 Å². The van der Waals surface area contributed by atoms with Gasteiger partial charge in [-0.1, -0.05) is 47.1 Å². The van der Waals surface area contributed by atoms with Gasteiger partial charge in [-0.25, -0.2) is 4.98 Å². The van der Waals surface area contributed by atoms with Crippen molar-refractivity contribution in [1.29, 1.82) is 0 Å². The second-order valence-corrected chi connectivity index (χ2v) is 9.70. The summed E-state index contributed by atoms with van der Waals surface area (Å²) in [4.78, 5) is 9.79. The minimum atomic E-state index is 0.339. The van der Waals surface area contributed by atoms with Crippen LogP contribution in [0, 0.1) is 12.8 Å². The highest BCUT2D eigenvalue weighted by Crippen LogP contribution is 2.35. The smallest absolute Gasteiger partial charge is 0.135 e. The summed E-state index contributed by atoms with van der Waals surface area (Å²) in [7, 11) is 0. The fourth-order valence-electron chi connectivity index (χ4n) is 5.07. The van der Waals surface area contributed by atoms with Crippen LogP contribution in [-0.4, -0.2) is 29.7 Å². The number of nitrogens with zero attached hydrogens (tertiary/aromatic N) is 2. The van der Waals surface area contributed by atoms with Gasteiger partial charge in [-0.15, -0.1) is 0 Å². The molecule has 1 N–H and O–H groups in total. The van der Waals surface area contributed by atoms with Gasteiger partial charge in [-0.3, -0.25) is 4.98 Å². The van der Waals surface area contributed by atoms with Crippen molar-refractivity contribution >= 4 is 16.7 Å². The number of pyridine rings is 2. The van der Waals surface area contributed by atoms with Gasteiger partial charge in [0.15, 0.2) is 0 Å². The van der Waals surface area contributed by atoms with Crippen molar-refractivity contribution in [3.8, 4) is 0 Å². The van der Waals surface area contributed by atoms with Crippen molar-refractivity contribution in [2.45, 2.75) is 65.7 Å². The van der Waals surface area contributed by atoms with Gasteiger partial charge in [0, 0.05) is 35.8 Å². The average molecular weight is 458 g/mol. The molecule has 0 amide bonds. The standard InChI is InChI=1S/C30H39N3O/c1-5-34-17-16-31-30-27-14-15-28(33-29(27)19-23(4)32-30)26-13-12-22(3)25(20-26)11-7-10-24-9-6-8-21(2)18-24/h6,8,12-15,18-19,24,26H,5,7,9-11,16-17,20H2,1-4H3,(H,31,32). The third kappa shape index (κ3) is 6.24. The summed E-state index contributed by atoms with van der Waals surface area (Å²) >= 11 is 0. The number of fused-ring (bicyclic) bond motifs is 1. The Kier molecular flexibility index (Phi) is 8.34. The molecule has 0 saturated heterocycles. The lowest BCUT2D eigenvalue weighted by atomic mass is 9.84. The largest absolute Gasteiger partial charge is 0.380 e. The van der Waals surface area contributed by atoms with Gasteiger partial charge in [0.05, 0.1) is 12.1 Å². The minimum Gasteiger partial charge on any atom is -0.380 e. The monoisotopic (exact) mass is 457 g/mol. The molecule has 0 spiro atoms. The Balaban J connectivity index is 1.42. The minimum absolute atomic E-state index is 0.339. The molecular weight excluding hydrogens is 418 g/mol. The molecule has 0 aromatic carbocycles. The Morgan fingerprint density at radius 1 is 1.12 bits per heavy atom. The maximum Gasteiger partial charge on any atom is 0.135 e. The van der Waals surface area contributed by atoms with Crippen molar-refractivity contribution in [3.05, 3.63) is 76.7 Å². The highest BCUT2D eigenvalue weighted by Gasteiger charge is 2.19. The fraction of sp³-hybridized carbons (Fsp3) is 0.467. The van der Waals surface area contributed by atoms with Crippen LogP contribution in [0.1, 0.15) is 70.2 Å². The predicted molar refractivity (Wildman–Crippen MR) is 143 cm³/mol. The van der Waals surface area contributed by atoms with E-state index in [0.717, 1.165) is 47.7 Å². The third-order valence-corrected chi connectivity index (χ3v) is 6.93. The first-order valence-corrected chi connectivity index (χ1v) is 12.8. The summed E-state index contributed by atoms with van der Waals surface area (Å²) in [6, 6.07) is 6.45. The van der Waals surface area contributed by atoms with E-state index in [1.807, 2.05) is 13.8 Å². The number of rotatable bonds is 10. The van der Waals surface area contributed by atoms with E-state index in [-0.39, 0.29) is 0 Å². The van der Waals surface area contributed by atoms with Crippen molar-refractivity contribution in [3.63, 3.8) is 0 Å². The van der Waals surface area contributed by atoms with Gasteiger partial charge in [0.2, 0.25) is 0 Å². The van der Waals surface area contributed by atoms with Crippen LogP contribution in [0.15, 0.2) is 65.3 Å². The van der Waals surface area contributed by atoms with E-state index >= 15 is 0 Å². The van der Waals surface area contributed by atoms with Crippen molar-refractivity contribution in [2.75, 3.05) is 25.1 Å². The normalized spacial score (nSPS) is 20.2. The zero-order valence-electron chi connectivity index (χ0n) is 21.2. The maximum absolute atomic E-state index is 5.46. The van der Waals surface area contributed by atoms with Crippen LogP contribution in [-0.2, 0) is 4.74 Å². The molecule has 2 atom stereocenters. The van der Waals surface area contributed by atoms with Crippen molar-refractivity contribution < 1.29 is 4.74 Å². The van der Waals surface area contributed by atoms with Crippen molar-refractivity contribution in [1.82, 2.24) is 9.97 Å². The molecule has 2 unspecified atom stereocenters. The predicted octanol–water partition coefficient (Wildman–Crippen LogP) is 7.44. The quantitative estimate of drug-likeness (QED) is 0.377. The number of allylic oxidation sites excluding steroid dienone is 8. The third-order valence-electron chi connectivity index (χ3n) is 6.93. The number of ether oxygens (including phenoxy) is 1. The Morgan fingerprint density at radius 3 is 2.82 bits per heavy atom.